The fraction of sp³-hybridized carbons (Fsp3) is 0.500. The highest BCUT2D eigenvalue weighted by Gasteiger charge is 2.16. The van der Waals surface area contributed by atoms with E-state index in [2.05, 4.69) is 28.9 Å². The van der Waals surface area contributed by atoms with E-state index in [1.54, 1.807) is 24.3 Å². The lowest BCUT2D eigenvalue weighted by atomic mass is 10.1. The summed E-state index contributed by atoms with van der Waals surface area (Å²) in [6, 6.07) is 16.8. The Kier molecular flexibility index (Phi) is 12.9. The molecule has 0 spiro atoms. The van der Waals surface area contributed by atoms with Crippen LogP contribution in [0.4, 0.5) is 0 Å². The minimum atomic E-state index is -3.75. The Morgan fingerprint density at radius 1 is 0.850 bits per heavy atom. The van der Waals surface area contributed by atoms with Crippen LogP contribution in [0.3, 0.4) is 0 Å². The topological polar surface area (TPSA) is 90.3 Å². The lowest BCUT2D eigenvalue weighted by Crippen LogP contribution is -2.26. The molecule has 1 aromatic heterocycles. The van der Waals surface area contributed by atoms with Crippen LogP contribution in [0.15, 0.2) is 59.5 Å². The first-order valence-corrected chi connectivity index (χ1v) is 16.2. The smallest absolute Gasteiger partial charge is 0.307 e. The molecule has 0 aliphatic heterocycles. The molecule has 40 heavy (non-hydrogen) atoms. The summed E-state index contributed by atoms with van der Waals surface area (Å²) >= 11 is 0. The summed E-state index contributed by atoms with van der Waals surface area (Å²) in [6.45, 7) is 6.59. The van der Waals surface area contributed by atoms with Crippen LogP contribution in [-0.4, -0.2) is 37.3 Å². The van der Waals surface area contributed by atoms with Crippen LogP contribution in [0.1, 0.15) is 88.8 Å². The molecule has 0 aliphatic carbocycles. The summed E-state index contributed by atoms with van der Waals surface area (Å²) in [7, 11) is -3.75. The van der Waals surface area contributed by atoms with Crippen molar-refractivity contribution in [1.29, 1.82) is 0 Å². The highest BCUT2D eigenvalue weighted by Crippen LogP contribution is 2.25. The van der Waals surface area contributed by atoms with E-state index in [1.807, 2.05) is 36.7 Å². The van der Waals surface area contributed by atoms with Crippen LogP contribution in [0, 0.1) is 13.8 Å². The molecule has 0 saturated carbocycles. The van der Waals surface area contributed by atoms with Gasteiger partial charge in [0, 0.05) is 12.1 Å². The van der Waals surface area contributed by atoms with Gasteiger partial charge in [0.25, 0.3) is 0 Å². The van der Waals surface area contributed by atoms with Gasteiger partial charge in [0.15, 0.2) is 0 Å². The van der Waals surface area contributed by atoms with Gasteiger partial charge in [-0.1, -0.05) is 94.5 Å². The fourth-order valence-electron chi connectivity index (χ4n) is 4.61. The van der Waals surface area contributed by atoms with Gasteiger partial charge in [0.2, 0.25) is 10.0 Å². The third-order valence-corrected chi connectivity index (χ3v) is 8.43. The summed E-state index contributed by atoms with van der Waals surface area (Å²) in [5, 5.41) is 4.60. The maximum absolute atomic E-state index is 12.8. The molecule has 0 radical (unpaired) electrons. The van der Waals surface area contributed by atoms with Crippen LogP contribution in [0.5, 0.6) is 0 Å². The number of aryl methyl sites for hydroxylation is 2. The number of nitrogens with zero attached hydrogens (tertiary/aromatic N) is 2. The van der Waals surface area contributed by atoms with E-state index in [-0.39, 0.29) is 23.8 Å². The van der Waals surface area contributed by atoms with Crippen molar-refractivity contribution in [2.45, 2.75) is 96.3 Å². The maximum Gasteiger partial charge on any atom is 0.307 e. The Balaban J connectivity index is 1.39. The quantitative estimate of drug-likeness (QED) is 0.129. The average Bonchev–Trinajstić information content (AvgIpc) is 3.33. The predicted octanol–water partition coefficient (Wildman–Crippen LogP) is 7.29. The molecule has 0 aliphatic rings. The average molecular weight is 568 g/mol. The monoisotopic (exact) mass is 567 g/mol. The number of benzene rings is 2. The lowest BCUT2D eigenvalue weighted by molar-refractivity contribution is -0.143. The number of esters is 1. The van der Waals surface area contributed by atoms with E-state index < -0.39 is 10.0 Å². The number of rotatable bonds is 18. The minimum Gasteiger partial charge on any atom is -0.466 e. The van der Waals surface area contributed by atoms with Crippen LogP contribution >= 0.6 is 0 Å². The van der Waals surface area contributed by atoms with Crippen molar-refractivity contribution in [3.63, 3.8) is 0 Å². The molecule has 1 N–H and O–H groups in total. The SMILES string of the molecule is CCCCCCCCCCCCOC(=O)CCNS(=O)(=O)c1ccc(-n2nc(C)cc2-c2ccc(C)cc2)cc1. The van der Waals surface area contributed by atoms with Crippen molar-refractivity contribution in [2.75, 3.05) is 13.2 Å². The van der Waals surface area contributed by atoms with Crippen molar-refractivity contribution in [2.24, 2.45) is 0 Å². The molecule has 218 valence electrons. The highest BCUT2D eigenvalue weighted by atomic mass is 32.2. The first-order valence-electron chi connectivity index (χ1n) is 14.7. The standard InChI is InChI=1S/C32H45N3O4S/c1-4-5-6-7-8-9-10-11-12-13-24-39-32(36)22-23-33-40(37,38)30-20-18-29(19-21-30)35-31(25-27(3)34-35)28-16-14-26(2)15-17-28/h14-21,25,33H,4-13,22-24H2,1-3H3. The second kappa shape index (κ2) is 16.3. The second-order valence-corrected chi connectivity index (χ2v) is 12.3. The molecule has 0 saturated heterocycles. The minimum absolute atomic E-state index is 0.00154. The first-order chi connectivity index (χ1) is 19.3. The molecule has 3 aromatic rings. The summed E-state index contributed by atoms with van der Waals surface area (Å²) in [4.78, 5) is 12.2. The third-order valence-electron chi connectivity index (χ3n) is 6.95. The number of sulfonamides is 1. The summed E-state index contributed by atoms with van der Waals surface area (Å²) in [6.07, 6.45) is 12.2. The predicted molar refractivity (Wildman–Crippen MR) is 161 cm³/mol. The number of hydrogen-bond acceptors (Lipinski definition) is 5. The Bertz CT molecular complexity index is 1280. The second-order valence-electron chi connectivity index (χ2n) is 10.5. The fourth-order valence-corrected chi connectivity index (χ4v) is 5.64. The molecular weight excluding hydrogens is 522 g/mol. The van der Waals surface area contributed by atoms with E-state index in [4.69, 9.17) is 4.74 Å². The Hall–Kier alpha value is -2.97. The van der Waals surface area contributed by atoms with Crippen LogP contribution in [-0.2, 0) is 19.6 Å². The molecule has 0 atom stereocenters. The van der Waals surface area contributed by atoms with Crippen molar-refractivity contribution >= 4 is 16.0 Å². The van der Waals surface area contributed by atoms with Crippen LogP contribution < -0.4 is 4.72 Å². The summed E-state index contributed by atoms with van der Waals surface area (Å²) in [5.41, 5.74) is 4.77. The van der Waals surface area contributed by atoms with Gasteiger partial charge in [0.05, 0.1) is 35.0 Å². The van der Waals surface area contributed by atoms with Gasteiger partial charge >= 0.3 is 5.97 Å². The lowest BCUT2D eigenvalue weighted by Gasteiger charge is -2.10. The van der Waals surface area contributed by atoms with Crippen molar-refractivity contribution < 1.29 is 17.9 Å². The van der Waals surface area contributed by atoms with Gasteiger partial charge in [-0.2, -0.15) is 5.10 Å². The molecule has 1 heterocycles. The molecular formula is C32H45N3O4S. The number of ether oxygens (including phenoxy) is 1. The van der Waals surface area contributed by atoms with Crippen molar-refractivity contribution in [3.05, 3.63) is 65.9 Å². The van der Waals surface area contributed by atoms with Gasteiger partial charge in [-0.3, -0.25) is 4.79 Å². The molecule has 3 rings (SSSR count). The number of hydrogen-bond donors (Lipinski definition) is 1. The number of carbonyl (C=O) groups excluding carboxylic acids is 1. The van der Waals surface area contributed by atoms with E-state index in [1.165, 1.54) is 50.5 Å². The Morgan fingerprint density at radius 2 is 1.45 bits per heavy atom. The molecule has 0 fully saturated rings. The highest BCUT2D eigenvalue weighted by molar-refractivity contribution is 7.89. The van der Waals surface area contributed by atoms with Gasteiger partial charge in [-0.25, -0.2) is 17.8 Å². The molecule has 7 nitrogen and oxygen atoms in total. The molecule has 8 heteroatoms. The summed E-state index contributed by atoms with van der Waals surface area (Å²) < 4.78 is 35.1. The Labute approximate surface area is 240 Å². The number of unbranched alkanes of at least 4 members (excludes halogenated alkanes) is 9. The molecule has 0 amide bonds. The zero-order valence-corrected chi connectivity index (χ0v) is 25.1. The first kappa shape index (κ1) is 31.6. The van der Waals surface area contributed by atoms with Gasteiger partial charge in [-0.05, 0) is 50.6 Å². The third kappa shape index (κ3) is 10.2. The normalized spacial score (nSPS) is 11.6. The van der Waals surface area contributed by atoms with Gasteiger partial charge in [0.1, 0.15) is 0 Å². The Morgan fingerprint density at radius 3 is 2.08 bits per heavy atom. The number of nitrogens with one attached hydrogen (secondary N) is 1. The molecule has 0 bridgehead atoms. The zero-order chi connectivity index (χ0) is 28.8. The van der Waals surface area contributed by atoms with Gasteiger partial charge < -0.3 is 4.74 Å². The van der Waals surface area contributed by atoms with E-state index >= 15 is 0 Å². The largest absolute Gasteiger partial charge is 0.466 e. The van der Waals surface area contributed by atoms with Crippen LogP contribution in [0.25, 0.3) is 16.9 Å². The molecule has 2 aromatic carbocycles. The van der Waals surface area contributed by atoms with Crippen LogP contribution in [0.2, 0.25) is 0 Å². The number of aromatic nitrogens is 2. The van der Waals surface area contributed by atoms with E-state index in [0.29, 0.717) is 6.61 Å². The van der Waals surface area contributed by atoms with Crippen molar-refractivity contribution in [3.8, 4) is 16.9 Å². The maximum atomic E-state index is 12.8. The molecule has 0 unspecified atom stereocenters. The van der Waals surface area contributed by atoms with E-state index in [0.717, 1.165) is 41.9 Å². The number of carbonyl (C=O) groups is 1. The van der Waals surface area contributed by atoms with Crippen molar-refractivity contribution in [1.82, 2.24) is 14.5 Å². The zero-order valence-electron chi connectivity index (χ0n) is 24.3. The summed E-state index contributed by atoms with van der Waals surface area (Å²) in [5.74, 6) is -0.383. The van der Waals surface area contributed by atoms with Gasteiger partial charge in [-0.15, -0.1) is 0 Å². The van der Waals surface area contributed by atoms with E-state index in [9.17, 15) is 13.2 Å².